The van der Waals surface area contributed by atoms with Crippen molar-refractivity contribution >= 4 is 17.8 Å². The van der Waals surface area contributed by atoms with Gasteiger partial charge in [0, 0.05) is 6.42 Å². The average Bonchev–Trinajstić information content (AvgIpc) is 2.46. The van der Waals surface area contributed by atoms with E-state index < -0.39 is 46.6 Å². The summed E-state index contributed by atoms with van der Waals surface area (Å²) in [6, 6.07) is 0.992. The molecule has 0 aliphatic heterocycles. The highest BCUT2D eigenvalue weighted by Crippen LogP contribution is 2.42. The number of hydrogen-bond acceptors (Lipinski definition) is 6. The van der Waals surface area contributed by atoms with Crippen molar-refractivity contribution in [2.75, 3.05) is 0 Å². The van der Waals surface area contributed by atoms with Crippen molar-refractivity contribution in [3.63, 3.8) is 0 Å². The van der Waals surface area contributed by atoms with Gasteiger partial charge in [0.05, 0.1) is 5.56 Å². The smallest absolute Gasteiger partial charge is 0.344 e. The first kappa shape index (κ1) is 12.9. The molecular formula is C12H10O7. The molecule has 7 nitrogen and oxygen atoms in total. The number of aliphatic hydroxyl groups is 1. The van der Waals surface area contributed by atoms with Gasteiger partial charge in [-0.05, 0) is 11.6 Å². The van der Waals surface area contributed by atoms with Crippen LogP contribution in [0, 0.1) is 0 Å². The lowest BCUT2D eigenvalue weighted by Gasteiger charge is -2.20. The van der Waals surface area contributed by atoms with Gasteiger partial charge in [-0.3, -0.25) is 4.79 Å². The second-order valence-electron chi connectivity index (χ2n) is 4.16. The summed E-state index contributed by atoms with van der Waals surface area (Å²) in [6.07, 6.45) is 2.01. The largest absolute Gasteiger partial charge is 0.504 e. The molecule has 0 amide bonds. The third-order valence-corrected chi connectivity index (χ3v) is 2.95. The zero-order valence-electron chi connectivity index (χ0n) is 9.49. The Morgan fingerprint density at radius 1 is 1.21 bits per heavy atom. The fraction of sp³-hybridized carbons (Fsp3) is 0.167. The molecule has 1 aliphatic rings. The minimum atomic E-state index is -2.72. The van der Waals surface area contributed by atoms with Gasteiger partial charge in [-0.1, -0.05) is 12.2 Å². The normalized spacial score (nSPS) is 21.8. The Hall–Kier alpha value is -2.54. The second kappa shape index (κ2) is 3.99. The van der Waals surface area contributed by atoms with E-state index in [0.717, 1.165) is 6.07 Å². The maximum Gasteiger partial charge on any atom is 0.344 e. The molecule has 1 unspecified atom stereocenters. The van der Waals surface area contributed by atoms with Crippen LogP contribution >= 0.6 is 0 Å². The first-order valence-corrected chi connectivity index (χ1v) is 5.24. The molecule has 0 bridgehead atoms. The average molecular weight is 266 g/mol. The van der Waals surface area contributed by atoms with Crippen LogP contribution in [0.2, 0.25) is 0 Å². The number of ketones is 1. The molecule has 1 aliphatic carbocycles. The highest BCUT2D eigenvalue weighted by atomic mass is 16.4. The summed E-state index contributed by atoms with van der Waals surface area (Å²) in [7, 11) is 0. The maximum absolute atomic E-state index is 12.1. The SMILES string of the molecule is O=C(O)C1(O)CC=Cc2cc(O)c(O)c(O)c2C1=O. The Morgan fingerprint density at radius 3 is 2.42 bits per heavy atom. The monoisotopic (exact) mass is 266 g/mol. The van der Waals surface area contributed by atoms with Crippen LogP contribution in [0.15, 0.2) is 12.1 Å². The van der Waals surface area contributed by atoms with E-state index in [1.807, 2.05) is 0 Å². The van der Waals surface area contributed by atoms with Crippen LogP contribution in [0.25, 0.3) is 6.08 Å². The zero-order chi connectivity index (χ0) is 14.4. The van der Waals surface area contributed by atoms with Crippen molar-refractivity contribution in [3.8, 4) is 17.2 Å². The molecule has 0 heterocycles. The molecule has 0 saturated carbocycles. The van der Waals surface area contributed by atoms with Crippen LogP contribution in [0.1, 0.15) is 22.3 Å². The quantitative estimate of drug-likeness (QED) is 0.362. The Kier molecular flexibility index (Phi) is 2.71. The van der Waals surface area contributed by atoms with Crippen molar-refractivity contribution in [3.05, 3.63) is 23.3 Å². The summed E-state index contributed by atoms with van der Waals surface area (Å²) < 4.78 is 0. The topological polar surface area (TPSA) is 135 Å². The molecule has 7 heteroatoms. The van der Waals surface area contributed by atoms with Crippen LogP contribution in [0.5, 0.6) is 17.2 Å². The second-order valence-corrected chi connectivity index (χ2v) is 4.16. The highest BCUT2D eigenvalue weighted by molar-refractivity contribution is 6.18. The molecule has 0 saturated heterocycles. The van der Waals surface area contributed by atoms with E-state index >= 15 is 0 Å². The number of rotatable bonds is 1. The van der Waals surface area contributed by atoms with Gasteiger partial charge in [0.15, 0.2) is 11.5 Å². The van der Waals surface area contributed by atoms with Crippen LogP contribution in [-0.2, 0) is 4.79 Å². The number of hydrogen-bond donors (Lipinski definition) is 5. The van der Waals surface area contributed by atoms with E-state index in [-0.39, 0.29) is 5.56 Å². The molecule has 19 heavy (non-hydrogen) atoms. The van der Waals surface area contributed by atoms with Crippen molar-refractivity contribution in [2.45, 2.75) is 12.0 Å². The number of carboxylic acid groups (broad SMARTS) is 1. The third-order valence-electron chi connectivity index (χ3n) is 2.95. The van der Waals surface area contributed by atoms with E-state index in [1.165, 1.54) is 12.2 Å². The van der Waals surface area contributed by atoms with Gasteiger partial charge >= 0.3 is 5.97 Å². The van der Waals surface area contributed by atoms with Crippen molar-refractivity contribution in [2.24, 2.45) is 0 Å². The highest BCUT2D eigenvalue weighted by Gasteiger charge is 2.46. The number of Topliss-reactive ketones (excluding diaryl/α,β-unsaturated/α-hetero) is 1. The maximum atomic E-state index is 12.1. The molecule has 5 N–H and O–H groups in total. The van der Waals surface area contributed by atoms with E-state index in [0.29, 0.717) is 0 Å². The van der Waals surface area contributed by atoms with Crippen LogP contribution < -0.4 is 0 Å². The predicted octanol–water partition coefficient (Wildman–Crippen LogP) is 0.219. The van der Waals surface area contributed by atoms with Crippen LogP contribution in [0.4, 0.5) is 0 Å². The molecule has 100 valence electrons. The van der Waals surface area contributed by atoms with Crippen LogP contribution in [0.3, 0.4) is 0 Å². The summed E-state index contributed by atoms with van der Waals surface area (Å²) >= 11 is 0. The predicted molar refractivity (Wildman–Crippen MR) is 62.0 cm³/mol. The van der Waals surface area contributed by atoms with Gasteiger partial charge < -0.3 is 25.5 Å². The molecule has 1 aromatic carbocycles. The molecule has 1 atom stereocenters. The van der Waals surface area contributed by atoms with Gasteiger partial charge in [0.25, 0.3) is 0 Å². The number of benzene rings is 1. The minimum Gasteiger partial charge on any atom is -0.504 e. The third kappa shape index (κ3) is 1.71. The number of phenols is 3. The number of carboxylic acids is 1. The molecular weight excluding hydrogens is 256 g/mol. The lowest BCUT2D eigenvalue weighted by Crippen LogP contribution is -2.46. The Labute approximate surface area is 106 Å². The molecule has 0 aromatic heterocycles. The first-order chi connectivity index (χ1) is 8.79. The number of carbonyl (C=O) groups is 2. The summed E-state index contributed by atoms with van der Waals surface area (Å²) in [6.45, 7) is 0. The first-order valence-electron chi connectivity index (χ1n) is 5.24. The summed E-state index contributed by atoms with van der Waals surface area (Å²) in [5, 5.41) is 47.2. The number of aromatic hydroxyl groups is 3. The van der Waals surface area contributed by atoms with Gasteiger partial charge in [-0.15, -0.1) is 0 Å². The lowest BCUT2D eigenvalue weighted by atomic mass is 9.89. The van der Waals surface area contributed by atoms with Gasteiger partial charge in [0.2, 0.25) is 17.1 Å². The summed E-state index contributed by atoms with van der Waals surface area (Å²) in [5.74, 6) is -5.59. The van der Waals surface area contributed by atoms with Crippen molar-refractivity contribution in [1.82, 2.24) is 0 Å². The van der Waals surface area contributed by atoms with E-state index in [2.05, 4.69) is 0 Å². The number of fused-ring (bicyclic) bond motifs is 1. The Bertz CT molecular complexity index is 617. The number of carbonyl (C=O) groups excluding carboxylic acids is 1. The summed E-state index contributed by atoms with van der Waals surface area (Å²) in [5.41, 5.74) is -3.26. The molecule has 1 aromatic rings. The zero-order valence-corrected chi connectivity index (χ0v) is 9.49. The van der Waals surface area contributed by atoms with E-state index in [9.17, 15) is 30.0 Å². The lowest BCUT2D eigenvalue weighted by molar-refractivity contribution is -0.152. The molecule has 0 spiro atoms. The Morgan fingerprint density at radius 2 is 1.84 bits per heavy atom. The van der Waals surface area contributed by atoms with E-state index in [1.54, 1.807) is 0 Å². The fourth-order valence-electron chi connectivity index (χ4n) is 1.87. The van der Waals surface area contributed by atoms with Gasteiger partial charge in [0.1, 0.15) is 0 Å². The number of phenolic OH excluding ortho intramolecular Hbond substituents is 3. The standard InChI is InChI=1S/C12H10O7/c13-6-4-5-2-1-3-12(19,11(17)18)10(16)7(5)9(15)8(6)14/h1-2,4,13-15,19H,3H2,(H,17,18). The van der Waals surface area contributed by atoms with Gasteiger partial charge in [-0.25, -0.2) is 4.79 Å². The van der Waals surface area contributed by atoms with Gasteiger partial charge in [-0.2, -0.15) is 0 Å². The van der Waals surface area contributed by atoms with E-state index in [4.69, 9.17) is 5.11 Å². The number of aliphatic carboxylic acids is 1. The summed E-state index contributed by atoms with van der Waals surface area (Å²) in [4.78, 5) is 23.1. The van der Waals surface area contributed by atoms with Crippen molar-refractivity contribution in [1.29, 1.82) is 0 Å². The minimum absolute atomic E-state index is 0.00924. The van der Waals surface area contributed by atoms with Crippen molar-refractivity contribution < 1.29 is 35.1 Å². The molecule has 2 rings (SSSR count). The molecule has 0 fully saturated rings. The molecule has 0 radical (unpaired) electrons. The fourth-order valence-corrected chi connectivity index (χ4v) is 1.87. The Balaban J connectivity index is 2.76. The van der Waals surface area contributed by atoms with Crippen LogP contribution in [-0.4, -0.2) is 42.9 Å².